The largest absolute Gasteiger partial charge is 0.293 e. The summed E-state index contributed by atoms with van der Waals surface area (Å²) < 4.78 is 0. The van der Waals surface area contributed by atoms with E-state index in [1.807, 2.05) is 19.1 Å². The molecule has 1 unspecified atom stereocenters. The molecule has 0 N–H and O–H groups in total. The van der Waals surface area contributed by atoms with Crippen LogP contribution in [0.25, 0.3) is 0 Å². The van der Waals surface area contributed by atoms with Crippen LogP contribution in [0.5, 0.6) is 0 Å². The van der Waals surface area contributed by atoms with Crippen LogP contribution in [-0.2, 0) is 0 Å². The average Bonchev–Trinajstić information content (AvgIpc) is 2.74. The maximum absolute atomic E-state index is 12.0. The number of hydrogen-bond acceptors (Lipinski definition) is 2. The number of halogens is 1. The lowest BCUT2D eigenvalue weighted by atomic mass is 10.0. The summed E-state index contributed by atoms with van der Waals surface area (Å²) in [6.07, 6.45) is 2.16. The van der Waals surface area contributed by atoms with Crippen LogP contribution in [0.3, 0.4) is 0 Å². The van der Waals surface area contributed by atoms with Gasteiger partial charge >= 0.3 is 0 Å². The van der Waals surface area contributed by atoms with Gasteiger partial charge in [0.25, 0.3) is 0 Å². The summed E-state index contributed by atoms with van der Waals surface area (Å²) in [4.78, 5) is 12.0. The van der Waals surface area contributed by atoms with Crippen molar-refractivity contribution in [3.05, 3.63) is 34.3 Å². The first-order chi connectivity index (χ1) is 7.18. The zero-order valence-electron chi connectivity index (χ0n) is 8.63. The van der Waals surface area contributed by atoms with E-state index in [-0.39, 0.29) is 11.0 Å². The van der Waals surface area contributed by atoms with E-state index in [4.69, 9.17) is 11.6 Å². The molecule has 0 aromatic heterocycles. The number of hydrogen-bond donors (Lipinski definition) is 0. The second-order valence-electron chi connectivity index (χ2n) is 3.83. The van der Waals surface area contributed by atoms with Crippen molar-refractivity contribution in [2.45, 2.75) is 25.0 Å². The van der Waals surface area contributed by atoms with Gasteiger partial charge < -0.3 is 0 Å². The number of aryl methyl sites for hydroxylation is 1. The molecule has 1 aliphatic rings. The second-order valence-corrected chi connectivity index (χ2v) is 5.55. The van der Waals surface area contributed by atoms with Crippen molar-refractivity contribution in [1.29, 1.82) is 0 Å². The Bertz CT molecular complexity index is 383. The highest BCUT2D eigenvalue weighted by Crippen LogP contribution is 2.30. The van der Waals surface area contributed by atoms with Crippen molar-refractivity contribution in [2.75, 3.05) is 5.75 Å². The zero-order chi connectivity index (χ0) is 10.8. The van der Waals surface area contributed by atoms with E-state index < -0.39 is 0 Å². The van der Waals surface area contributed by atoms with E-state index in [0.717, 1.165) is 29.7 Å². The van der Waals surface area contributed by atoms with Gasteiger partial charge in [-0.3, -0.25) is 4.79 Å². The number of rotatable bonds is 2. The molecule has 0 bridgehead atoms. The first-order valence-corrected chi connectivity index (χ1v) is 6.53. The van der Waals surface area contributed by atoms with Gasteiger partial charge in [0.15, 0.2) is 5.78 Å². The number of ketones is 1. The Morgan fingerprint density at radius 1 is 1.53 bits per heavy atom. The first-order valence-electron chi connectivity index (χ1n) is 5.10. The maximum atomic E-state index is 12.0. The Balaban J connectivity index is 2.21. The first kappa shape index (κ1) is 11.0. The molecule has 3 heteroatoms. The van der Waals surface area contributed by atoms with Crippen LogP contribution in [0.1, 0.15) is 28.8 Å². The minimum Gasteiger partial charge on any atom is -0.293 e. The van der Waals surface area contributed by atoms with Crippen molar-refractivity contribution in [3.8, 4) is 0 Å². The van der Waals surface area contributed by atoms with Gasteiger partial charge in [-0.25, -0.2) is 0 Å². The molecular formula is C12H13ClOS. The van der Waals surface area contributed by atoms with Crippen LogP contribution < -0.4 is 0 Å². The maximum Gasteiger partial charge on any atom is 0.175 e. The monoisotopic (exact) mass is 240 g/mol. The summed E-state index contributed by atoms with van der Waals surface area (Å²) in [5.41, 5.74) is 1.78. The predicted molar refractivity (Wildman–Crippen MR) is 66.0 cm³/mol. The van der Waals surface area contributed by atoms with Crippen LogP contribution >= 0.6 is 23.4 Å². The van der Waals surface area contributed by atoms with E-state index in [2.05, 4.69) is 0 Å². The lowest BCUT2D eigenvalue weighted by molar-refractivity contribution is 0.0988. The summed E-state index contributed by atoms with van der Waals surface area (Å²) in [5.74, 6) is 1.34. The summed E-state index contributed by atoms with van der Waals surface area (Å²) in [6.45, 7) is 1.95. The van der Waals surface area contributed by atoms with E-state index in [9.17, 15) is 4.79 Å². The van der Waals surface area contributed by atoms with Crippen LogP contribution in [0.2, 0.25) is 5.02 Å². The Morgan fingerprint density at radius 2 is 2.33 bits per heavy atom. The fourth-order valence-electron chi connectivity index (χ4n) is 1.72. The van der Waals surface area contributed by atoms with Gasteiger partial charge in [-0.1, -0.05) is 23.7 Å². The molecule has 0 saturated carbocycles. The van der Waals surface area contributed by atoms with Crippen molar-refractivity contribution in [1.82, 2.24) is 0 Å². The summed E-state index contributed by atoms with van der Waals surface area (Å²) in [6, 6.07) is 5.58. The zero-order valence-corrected chi connectivity index (χ0v) is 10.2. The predicted octanol–water partition coefficient (Wildman–Crippen LogP) is 3.73. The van der Waals surface area contributed by atoms with Gasteiger partial charge in [-0.2, -0.15) is 11.8 Å². The fourth-order valence-corrected chi connectivity index (χ4v) is 3.14. The number of carbonyl (C=O) groups excluding carboxylic acids is 1. The molecule has 2 rings (SSSR count). The summed E-state index contributed by atoms with van der Waals surface area (Å²) >= 11 is 7.77. The molecule has 1 aliphatic heterocycles. The Labute approximate surface area is 99.2 Å². The molecule has 1 atom stereocenters. The van der Waals surface area contributed by atoms with E-state index in [0.29, 0.717) is 5.02 Å². The number of carbonyl (C=O) groups is 1. The van der Waals surface area contributed by atoms with Crippen LogP contribution in [-0.4, -0.2) is 16.8 Å². The minimum absolute atomic E-state index is 0.156. The number of thioether (sulfide) groups is 1. The highest BCUT2D eigenvalue weighted by molar-refractivity contribution is 8.00. The van der Waals surface area contributed by atoms with Gasteiger partial charge in [-0.05, 0) is 37.1 Å². The molecule has 0 amide bonds. The molecule has 0 aliphatic carbocycles. The molecule has 80 valence electrons. The number of benzene rings is 1. The SMILES string of the molecule is Cc1ccc(C(=O)C2CCCS2)cc1Cl. The van der Waals surface area contributed by atoms with Gasteiger partial charge in [0.2, 0.25) is 0 Å². The molecule has 15 heavy (non-hydrogen) atoms. The molecule has 1 fully saturated rings. The third kappa shape index (κ3) is 2.37. The minimum atomic E-state index is 0.156. The molecule has 0 spiro atoms. The lowest BCUT2D eigenvalue weighted by Gasteiger charge is -2.08. The molecule has 1 nitrogen and oxygen atoms in total. The van der Waals surface area contributed by atoms with Crippen molar-refractivity contribution >= 4 is 29.1 Å². The fraction of sp³-hybridized carbons (Fsp3) is 0.417. The summed E-state index contributed by atoms with van der Waals surface area (Å²) in [5, 5.41) is 0.840. The lowest BCUT2D eigenvalue weighted by Crippen LogP contribution is -2.13. The van der Waals surface area contributed by atoms with Crippen molar-refractivity contribution in [3.63, 3.8) is 0 Å². The number of Topliss-reactive ketones (excluding diaryl/α,β-unsaturated/α-hetero) is 1. The average molecular weight is 241 g/mol. The van der Waals surface area contributed by atoms with Gasteiger partial charge in [0.05, 0.1) is 5.25 Å². The highest BCUT2D eigenvalue weighted by atomic mass is 35.5. The molecule has 1 aromatic rings. The third-order valence-corrected chi connectivity index (χ3v) is 4.46. The Morgan fingerprint density at radius 3 is 2.93 bits per heavy atom. The van der Waals surface area contributed by atoms with E-state index >= 15 is 0 Å². The van der Waals surface area contributed by atoms with Crippen LogP contribution in [0, 0.1) is 6.92 Å². The van der Waals surface area contributed by atoms with Gasteiger partial charge in [-0.15, -0.1) is 0 Å². The van der Waals surface area contributed by atoms with Gasteiger partial charge in [0, 0.05) is 10.6 Å². The highest BCUT2D eigenvalue weighted by Gasteiger charge is 2.24. The second kappa shape index (κ2) is 4.58. The van der Waals surface area contributed by atoms with Crippen LogP contribution in [0.4, 0.5) is 0 Å². The standard InChI is InChI=1S/C12H13ClOS/c1-8-4-5-9(7-10(8)13)12(14)11-3-2-6-15-11/h4-5,7,11H,2-3,6H2,1H3. The smallest absolute Gasteiger partial charge is 0.175 e. The molecule has 1 aromatic carbocycles. The third-order valence-electron chi connectivity index (χ3n) is 2.68. The molecule has 1 heterocycles. The topological polar surface area (TPSA) is 17.1 Å². The Kier molecular flexibility index (Phi) is 3.37. The Hall–Kier alpha value is -0.470. The van der Waals surface area contributed by atoms with Crippen molar-refractivity contribution < 1.29 is 4.79 Å². The van der Waals surface area contributed by atoms with Crippen LogP contribution in [0.15, 0.2) is 18.2 Å². The normalized spacial score (nSPS) is 20.5. The quantitative estimate of drug-likeness (QED) is 0.733. The summed E-state index contributed by atoms with van der Waals surface area (Å²) in [7, 11) is 0. The van der Waals surface area contributed by atoms with E-state index in [1.54, 1.807) is 17.8 Å². The molecule has 0 radical (unpaired) electrons. The molecular weight excluding hydrogens is 228 g/mol. The van der Waals surface area contributed by atoms with Gasteiger partial charge in [0.1, 0.15) is 0 Å². The van der Waals surface area contributed by atoms with Crippen molar-refractivity contribution in [2.24, 2.45) is 0 Å². The molecule has 1 saturated heterocycles. The van der Waals surface area contributed by atoms with E-state index in [1.165, 1.54) is 0 Å².